The number of furan rings is 1. The third-order valence-electron chi connectivity index (χ3n) is 6.70. The van der Waals surface area contributed by atoms with E-state index in [0.717, 1.165) is 68.5 Å². The molecule has 3 fully saturated rings. The van der Waals surface area contributed by atoms with Crippen molar-refractivity contribution in [1.82, 2.24) is 15.1 Å². The molecule has 0 radical (unpaired) electrons. The van der Waals surface area contributed by atoms with E-state index >= 15 is 0 Å². The van der Waals surface area contributed by atoms with E-state index in [1.165, 1.54) is 12.8 Å². The number of rotatable bonds is 7. The highest BCUT2D eigenvalue weighted by Crippen LogP contribution is 2.44. The lowest BCUT2D eigenvalue weighted by molar-refractivity contribution is -0.103. The van der Waals surface area contributed by atoms with Gasteiger partial charge in [-0.3, -0.25) is 10.00 Å². The number of ether oxygens (including phenoxy) is 2. The number of H-pyrrole nitrogens is 1. The molecule has 2 aromatic heterocycles. The van der Waals surface area contributed by atoms with Crippen LogP contribution in [-0.2, 0) is 16.0 Å². The van der Waals surface area contributed by atoms with Gasteiger partial charge >= 0.3 is 0 Å². The van der Waals surface area contributed by atoms with Crippen LogP contribution in [0.3, 0.4) is 0 Å². The van der Waals surface area contributed by atoms with E-state index in [4.69, 9.17) is 13.9 Å². The minimum absolute atomic E-state index is 0.0156. The molecular weight excluding hydrogens is 342 g/mol. The molecule has 0 aromatic carbocycles. The van der Waals surface area contributed by atoms with Crippen molar-refractivity contribution >= 4 is 0 Å². The second kappa shape index (κ2) is 7.08. The maximum absolute atomic E-state index is 6.24. The van der Waals surface area contributed by atoms with Gasteiger partial charge in [-0.15, -0.1) is 0 Å². The molecule has 2 aliphatic carbocycles. The maximum Gasteiger partial charge on any atom is 0.152 e. The summed E-state index contributed by atoms with van der Waals surface area (Å²) in [4.78, 5) is 2.53. The molecule has 146 valence electrons. The Balaban J connectivity index is 1.27. The first-order valence-electron chi connectivity index (χ1n) is 10.2. The highest BCUT2D eigenvalue weighted by Gasteiger charge is 2.51. The Morgan fingerprint density at radius 1 is 1.26 bits per heavy atom. The fourth-order valence-electron chi connectivity index (χ4n) is 4.85. The number of likely N-dealkylation sites (tertiary alicyclic amines) is 1. The number of hydrogen-bond acceptors (Lipinski definition) is 5. The average Bonchev–Trinajstić information content (AvgIpc) is 3.09. The van der Waals surface area contributed by atoms with E-state index in [0.29, 0.717) is 12.1 Å². The predicted octanol–water partition coefficient (Wildman–Crippen LogP) is 3.61. The Labute approximate surface area is 160 Å². The predicted molar refractivity (Wildman–Crippen MR) is 101 cm³/mol. The van der Waals surface area contributed by atoms with E-state index in [1.54, 1.807) is 6.20 Å². The summed E-state index contributed by atoms with van der Waals surface area (Å²) in [6.07, 6.45) is 9.19. The third kappa shape index (κ3) is 3.46. The van der Waals surface area contributed by atoms with E-state index < -0.39 is 0 Å². The van der Waals surface area contributed by atoms with Crippen LogP contribution in [0, 0.1) is 5.92 Å². The normalized spacial score (nSPS) is 31.3. The van der Waals surface area contributed by atoms with E-state index in [1.807, 2.05) is 19.2 Å². The fraction of sp³-hybridized carbons (Fsp3) is 0.667. The lowest BCUT2D eigenvalue weighted by Crippen LogP contribution is -2.51. The van der Waals surface area contributed by atoms with Crippen LogP contribution in [0.4, 0.5) is 0 Å². The van der Waals surface area contributed by atoms with Crippen molar-refractivity contribution in [1.29, 1.82) is 0 Å². The molecule has 3 aliphatic rings. The van der Waals surface area contributed by atoms with E-state index in [2.05, 4.69) is 21.2 Å². The summed E-state index contributed by atoms with van der Waals surface area (Å²) in [7, 11) is 1.88. The summed E-state index contributed by atoms with van der Waals surface area (Å²) in [6.45, 7) is 2.82. The monoisotopic (exact) mass is 371 g/mol. The zero-order chi connectivity index (χ0) is 18.3. The molecule has 3 heterocycles. The van der Waals surface area contributed by atoms with Crippen LogP contribution in [0.1, 0.15) is 44.3 Å². The van der Waals surface area contributed by atoms with Crippen LogP contribution in [0.2, 0.25) is 0 Å². The number of hydrogen-bond donors (Lipinski definition) is 1. The summed E-state index contributed by atoms with van der Waals surface area (Å²) >= 11 is 0. The van der Waals surface area contributed by atoms with E-state index in [-0.39, 0.29) is 5.60 Å². The van der Waals surface area contributed by atoms with Gasteiger partial charge in [0.25, 0.3) is 0 Å². The zero-order valence-corrected chi connectivity index (χ0v) is 16.0. The molecule has 3 atom stereocenters. The molecule has 0 unspecified atom stereocenters. The topological polar surface area (TPSA) is 63.5 Å². The molecule has 5 rings (SSSR count). The second-order valence-electron chi connectivity index (χ2n) is 8.41. The van der Waals surface area contributed by atoms with Gasteiger partial charge in [-0.25, -0.2) is 0 Å². The molecule has 0 amide bonds. The molecule has 6 heteroatoms. The Morgan fingerprint density at radius 2 is 2.19 bits per heavy atom. The van der Waals surface area contributed by atoms with Crippen molar-refractivity contribution in [2.75, 3.05) is 20.3 Å². The first-order chi connectivity index (χ1) is 13.3. The number of nitrogens with zero attached hydrogens (tertiary/aromatic N) is 2. The third-order valence-corrected chi connectivity index (χ3v) is 6.70. The zero-order valence-electron chi connectivity index (χ0n) is 16.0. The lowest BCUT2D eigenvalue weighted by Gasteiger charge is -2.43. The standard InChI is InChI=1S/C21H29N3O3/c1-25-21-8-6-16(26-14-15-2-3-15)12-20(21)24(11-9-21)13-17-4-5-19(27-17)18-7-10-22-23-18/h4-5,7,10,15-16,20H,2-3,6,8-9,11-14H2,1H3,(H,22,23)/t16-,20+,21-/m1/s1. The Bertz CT molecular complexity index is 755. The summed E-state index contributed by atoms with van der Waals surface area (Å²) in [5, 5.41) is 6.96. The smallest absolute Gasteiger partial charge is 0.152 e. The fourth-order valence-corrected chi connectivity index (χ4v) is 4.85. The summed E-state index contributed by atoms with van der Waals surface area (Å²) < 4.78 is 18.4. The summed E-state index contributed by atoms with van der Waals surface area (Å²) in [6, 6.07) is 6.43. The number of fused-ring (bicyclic) bond motifs is 1. The van der Waals surface area contributed by atoms with Gasteiger partial charge < -0.3 is 13.9 Å². The Kier molecular flexibility index (Phi) is 4.58. The van der Waals surface area contributed by atoms with Crippen LogP contribution < -0.4 is 0 Å². The van der Waals surface area contributed by atoms with E-state index in [9.17, 15) is 0 Å². The van der Waals surface area contributed by atoms with Gasteiger partial charge in [-0.1, -0.05) is 0 Å². The van der Waals surface area contributed by atoms with Crippen molar-refractivity contribution in [2.45, 2.75) is 62.8 Å². The molecule has 2 saturated carbocycles. The largest absolute Gasteiger partial charge is 0.458 e. The molecule has 27 heavy (non-hydrogen) atoms. The van der Waals surface area contributed by atoms with Crippen molar-refractivity contribution in [2.24, 2.45) is 5.92 Å². The summed E-state index contributed by atoms with van der Waals surface area (Å²) in [5.41, 5.74) is 0.901. The van der Waals surface area contributed by atoms with Crippen LogP contribution in [-0.4, -0.2) is 53.1 Å². The first-order valence-corrected chi connectivity index (χ1v) is 10.2. The maximum atomic E-state index is 6.24. The minimum atomic E-state index is -0.0156. The van der Waals surface area contributed by atoms with Crippen molar-refractivity contribution in [3.8, 4) is 11.5 Å². The van der Waals surface area contributed by atoms with Crippen LogP contribution in [0.15, 0.2) is 28.8 Å². The Morgan fingerprint density at radius 3 is 2.96 bits per heavy atom. The van der Waals surface area contributed by atoms with Crippen molar-refractivity contribution in [3.63, 3.8) is 0 Å². The van der Waals surface area contributed by atoms with Crippen LogP contribution in [0.25, 0.3) is 11.5 Å². The molecule has 1 N–H and O–H groups in total. The van der Waals surface area contributed by atoms with Gasteiger partial charge in [0.15, 0.2) is 5.76 Å². The van der Waals surface area contributed by atoms with Gasteiger partial charge in [0.05, 0.1) is 18.2 Å². The highest BCUT2D eigenvalue weighted by molar-refractivity contribution is 5.51. The van der Waals surface area contributed by atoms with Crippen molar-refractivity contribution in [3.05, 3.63) is 30.2 Å². The molecular formula is C21H29N3O3. The number of methoxy groups -OCH3 is 1. The van der Waals surface area contributed by atoms with Crippen LogP contribution >= 0.6 is 0 Å². The first kappa shape index (κ1) is 17.5. The van der Waals surface area contributed by atoms with Crippen LogP contribution in [0.5, 0.6) is 0 Å². The summed E-state index contributed by atoms with van der Waals surface area (Å²) in [5.74, 6) is 2.66. The molecule has 2 aromatic rings. The SMILES string of the molecule is CO[C@@]12CC[C@@H](OCC3CC3)C[C@@H]1N(Cc1ccc(-c3ccn[nH]3)o1)CC2. The number of aromatic amines is 1. The Hall–Kier alpha value is -1.63. The number of nitrogens with one attached hydrogen (secondary N) is 1. The van der Waals surface area contributed by atoms with Crippen molar-refractivity contribution < 1.29 is 13.9 Å². The van der Waals surface area contributed by atoms with Gasteiger partial charge in [-0.05, 0) is 62.6 Å². The molecule has 0 spiro atoms. The average molecular weight is 371 g/mol. The highest BCUT2D eigenvalue weighted by atomic mass is 16.5. The molecule has 0 bridgehead atoms. The van der Waals surface area contributed by atoms with Gasteiger partial charge in [0, 0.05) is 32.5 Å². The second-order valence-corrected chi connectivity index (χ2v) is 8.41. The van der Waals surface area contributed by atoms with Gasteiger partial charge in [0.2, 0.25) is 0 Å². The quantitative estimate of drug-likeness (QED) is 0.805. The molecule has 1 saturated heterocycles. The molecule has 1 aliphatic heterocycles. The minimum Gasteiger partial charge on any atom is -0.458 e. The number of aromatic nitrogens is 2. The van der Waals surface area contributed by atoms with Gasteiger partial charge in [-0.2, -0.15) is 5.10 Å². The van der Waals surface area contributed by atoms with Gasteiger partial charge in [0.1, 0.15) is 11.5 Å². The molecule has 6 nitrogen and oxygen atoms in total. The lowest BCUT2D eigenvalue weighted by atomic mass is 9.79.